The first-order valence-electron chi connectivity index (χ1n) is 10.2. The molecule has 3 aromatic carbocycles. The first kappa shape index (κ1) is 19.7. The van der Waals surface area contributed by atoms with Crippen LogP contribution >= 0.6 is 0 Å². The van der Waals surface area contributed by atoms with Crippen molar-refractivity contribution >= 4 is 28.4 Å². The Hall–Kier alpha value is -4.26. The zero-order valence-corrected chi connectivity index (χ0v) is 17.8. The number of aromatic nitrogens is 3. The average molecular weight is 426 g/mol. The number of ether oxygens (including phenoxy) is 2. The van der Waals surface area contributed by atoms with Gasteiger partial charge in [0.1, 0.15) is 18.0 Å². The van der Waals surface area contributed by atoms with E-state index in [-0.39, 0.29) is 12.5 Å². The quantitative estimate of drug-likeness (QED) is 0.430. The van der Waals surface area contributed by atoms with Gasteiger partial charge in [-0.25, -0.2) is 4.98 Å². The predicted octanol–water partition coefficient (Wildman–Crippen LogP) is 4.61. The monoisotopic (exact) mass is 426 g/mol. The first-order chi connectivity index (χ1) is 15.7. The van der Waals surface area contributed by atoms with Crippen LogP contribution in [0.3, 0.4) is 0 Å². The summed E-state index contributed by atoms with van der Waals surface area (Å²) in [5.74, 6) is 1.74. The molecule has 0 saturated carbocycles. The van der Waals surface area contributed by atoms with Crippen LogP contribution in [0, 0.1) is 0 Å². The van der Waals surface area contributed by atoms with E-state index in [4.69, 9.17) is 14.5 Å². The number of amides is 1. The Morgan fingerprint density at radius 3 is 2.34 bits per heavy atom. The molecule has 0 aliphatic rings. The minimum atomic E-state index is -0.178. The molecule has 32 heavy (non-hydrogen) atoms. The van der Waals surface area contributed by atoms with E-state index in [1.54, 1.807) is 32.4 Å². The lowest BCUT2D eigenvalue weighted by molar-refractivity contribution is -0.116. The number of benzene rings is 3. The molecule has 2 aromatic heterocycles. The highest BCUT2D eigenvalue weighted by atomic mass is 16.5. The molecule has 0 aliphatic heterocycles. The lowest BCUT2D eigenvalue weighted by Gasteiger charge is -2.12. The molecule has 0 unspecified atom stereocenters. The van der Waals surface area contributed by atoms with E-state index in [1.165, 1.54) is 0 Å². The second-order valence-electron chi connectivity index (χ2n) is 7.39. The van der Waals surface area contributed by atoms with Crippen LogP contribution in [0.2, 0.25) is 0 Å². The zero-order valence-electron chi connectivity index (χ0n) is 17.8. The van der Waals surface area contributed by atoms with Crippen molar-refractivity contribution in [3.63, 3.8) is 0 Å². The molecule has 2 heterocycles. The van der Waals surface area contributed by atoms with Gasteiger partial charge < -0.3 is 19.4 Å². The molecule has 0 bridgehead atoms. The Morgan fingerprint density at radius 1 is 0.938 bits per heavy atom. The predicted molar refractivity (Wildman–Crippen MR) is 124 cm³/mol. The van der Waals surface area contributed by atoms with Gasteiger partial charge in [-0.1, -0.05) is 42.5 Å². The fraction of sp³-hybridized carbons (Fsp3) is 0.120. The molecule has 7 nitrogen and oxygen atoms in total. The summed E-state index contributed by atoms with van der Waals surface area (Å²) in [5, 5.41) is 2.95. The van der Waals surface area contributed by atoms with Gasteiger partial charge in [-0.05, 0) is 17.7 Å². The highest BCUT2D eigenvalue weighted by Gasteiger charge is 2.18. The van der Waals surface area contributed by atoms with Crippen molar-refractivity contribution in [2.24, 2.45) is 0 Å². The molecule has 0 saturated heterocycles. The molecule has 1 amide bonds. The van der Waals surface area contributed by atoms with Crippen molar-refractivity contribution in [1.82, 2.24) is 14.0 Å². The van der Waals surface area contributed by atoms with Crippen molar-refractivity contribution in [3.8, 4) is 22.8 Å². The molecular weight excluding hydrogens is 404 g/mol. The number of rotatable bonds is 6. The molecule has 0 aliphatic carbocycles. The summed E-state index contributed by atoms with van der Waals surface area (Å²) in [6.45, 7) is 0.101. The smallest absolute Gasteiger partial charge is 0.244 e. The van der Waals surface area contributed by atoms with Crippen LogP contribution < -0.4 is 14.8 Å². The highest BCUT2D eigenvalue weighted by Crippen LogP contribution is 2.28. The Labute approximate surface area is 184 Å². The van der Waals surface area contributed by atoms with Gasteiger partial charge in [0.05, 0.1) is 30.9 Å². The second-order valence-corrected chi connectivity index (χ2v) is 7.39. The van der Waals surface area contributed by atoms with Crippen molar-refractivity contribution in [3.05, 3.63) is 79.0 Å². The van der Waals surface area contributed by atoms with Crippen LogP contribution in [0.1, 0.15) is 0 Å². The average Bonchev–Trinajstić information content (AvgIpc) is 3.36. The summed E-state index contributed by atoms with van der Waals surface area (Å²) in [5.41, 5.74) is 4.41. The molecule has 1 N–H and O–H groups in total. The SMILES string of the molecule is COc1cc(NC(=O)Cn2c(-c3ccccc3)cn3c4ccccc4nc23)cc(OC)c1. The number of methoxy groups -OCH3 is 2. The van der Waals surface area contributed by atoms with Crippen LogP contribution in [0.4, 0.5) is 5.69 Å². The van der Waals surface area contributed by atoms with Gasteiger partial charge >= 0.3 is 0 Å². The molecule has 0 radical (unpaired) electrons. The number of anilines is 1. The van der Waals surface area contributed by atoms with Gasteiger partial charge in [0, 0.05) is 30.1 Å². The number of nitrogens with zero attached hydrogens (tertiary/aromatic N) is 3. The summed E-state index contributed by atoms with van der Waals surface area (Å²) >= 11 is 0. The molecule has 5 rings (SSSR count). The molecule has 7 heteroatoms. The molecular formula is C25H22N4O3. The van der Waals surface area contributed by atoms with E-state index in [1.807, 2.05) is 69.8 Å². The first-order valence-corrected chi connectivity index (χ1v) is 10.2. The molecule has 0 spiro atoms. The van der Waals surface area contributed by atoms with E-state index >= 15 is 0 Å². The van der Waals surface area contributed by atoms with Crippen molar-refractivity contribution < 1.29 is 14.3 Å². The van der Waals surface area contributed by atoms with Gasteiger partial charge in [-0.2, -0.15) is 0 Å². The van der Waals surface area contributed by atoms with E-state index in [0.717, 1.165) is 22.3 Å². The largest absolute Gasteiger partial charge is 0.497 e. The van der Waals surface area contributed by atoms with Gasteiger partial charge in [0.15, 0.2) is 0 Å². The second kappa shape index (κ2) is 8.11. The topological polar surface area (TPSA) is 69.8 Å². The minimum absolute atomic E-state index is 0.101. The van der Waals surface area contributed by atoms with E-state index in [2.05, 4.69) is 5.32 Å². The Balaban J connectivity index is 1.55. The number of hydrogen-bond acceptors (Lipinski definition) is 4. The maximum atomic E-state index is 13.1. The summed E-state index contributed by atoms with van der Waals surface area (Å²) < 4.78 is 14.6. The Bertz CT molecular complexity index is 1400. The van der Waals surface area contributed by atoms with Gasteiger partial charge in [0.2, 0.25) is 11.7 Å². The number of nitrogens with one attached hydrogen (secondary N) is 1. The van der Waals surface area contributed by atoms with Gasteiger partial charge in [0.25, 0.3) is 0 Å². The third-order valence-corrected chi connectivity index (χ3v) is 5.37. The fourth-order valence-corrected chi connectivity index (χ4v) is 3.87. The summed E-state index contributed by atoms with van der Waals surface area (Å²) in [4.78, 5) is 17.9. The maximum absolute atomic E-state index is 13.1. The fourth-order valence-electron chi connectivity index (χ4n) is 3.87. The minimum Gasteiger partial charge on any atom is -0.497 e. The van der Waals surface area contributed by atoms with Crippen molar-refractivity contribution in [2.75, 3.05) is 19.5 Å². The van der Waals surface area contributed by atoms with Crippen LogP contribution in [0.15, 0.2) is 79.0 Å². The Morgan fingerprint density at radius 2 is 1.62 bits per heavy atom. The third kappa shape index (κ3) is 3.54. The lowest BCUT2D eigenvalue weighted by Crippen LogP contribution is -2.19. The molecule has 160 valence electrons. The highest BCUT2D eigenvalue weighted by molar-refractivity contribution is 5.92. The molecule has 0 fully saturated rings. The van der Waals surface area contributed by atoms with Crippen LogP contribution in [0.5, 0.6) is 11.5 Å². The van der Waals surface area contributed by atoms with Gasteiger partial charge in [-0.15, -0.1) is 0 Å². The summed E-state index contributed by atoms with van der Waals surface area (Å²) in [7, 11) is 3.15. The normalized spacial score (nSPS) is 11.1. The summed E-state index contributed by atoms with van der Waals surface area (Å²) in [6.07, 6.45) is 2.03. The zero-order chi connectivity index (χ0) is 22.1. The van der Waals surface area contributed by atoms with E-state index in [9.17, 15) is 4.79 Å². The number of hydrogen-bond donors (Lipinski definition) is 1. The maximum Gasteiger partial charge on any atom is 0.244 e. The lowest BCUT2D eigenvalue weighted by atomic mass is 10.1. The van der Waals surface area contributed by atoms with E-state index in [0.29, 0.717) is 23.0 Å². The standard InChI is InChI=1S/C25H22N4O3/c1-31-19-12-18(13-20(14-19)32-2)26-24(30)16-29-23(17-8-4-3-5-9-17)15-28-22-11-7-6-10-21(22)27-25(28)29/h3-15H,16H2,1-2H3,(H,26,30). The van der Waals surface area contributed by atoms with Crippen LogP contribution in [-0.2, 0) is 11.3 Å². The number of imidazole rings is 2. The molecule has 5 aromatic rings. The number of carbonyl (C=O) groups is 1. The summed E-state index contributed by atoms with van der Waals surface area (Å²) in [6, 6.07) is 23.2. The van der Waals surface area contributed by atoms with E-state index < -0.39 is 0 Å². The van der Waals surface area contributed by atoms with Crippen LogP contribution in [0.25, 0.3) is 28.1 Å². The van der Waals surface area contributed by atoms with Crippen LogP contribution in [-0.4, -0.2) is 34.1 Å². The number of carbonyl (C=O) groups excluding carboxylic acids is 1. The third-order valence-electron chi connectivity index (χ3n) is 5.37. The van der Waals surface area contributed by atoms with Gasteiger partial charge in [-0.3, -0.25) is 9.20 Å². The van der Waals surface area contributed by atoms with Crippen molar-refractivity contribution in [1.29, 1.82) is 0 Å². The number of fused-ring (bicyclic) bond motifs is 3. The van der Waals surface area contributed by atoms with Crippen molar-refractivity contribution in [2.45, 2.75) is 6.54 Å². The molecule has 0 atom stereocenters. The Kier molecular flexibility index (Phi) is 4.99. The number of para-hydroxylation sites is 2.